The van der Waals surface area contributed by atoms with E-state index in [0.29, 0.717) is 0 Å². The highest BCUT2D eigenvalue weighted by molar-refractivity contribution is 7.29. The van der Waals surface area contributed by atoms with Gasteiger partial charge in [0.15, 0.2) is 9.66 Å². The number of aryl methyl sites for hydroxylation is 2. The topological polar surface area (TPSA) is 35.6 Å². The number of thiazole rings is 2. The molecule has 0 aliphatic rings. The van der Waals surface area contributed by atoms with E-state index in [1.54, 1.807) is 22.7 Å². The Morgan fingerprint density at radius 1 is 0.526 bits per heavy atom. The van der Waals surface area contributed by atoms with Crippen LogP contribution in [0.1, 0.15) is 13.8 Å². The number of rotatable bonds is 4. The van der Waals surface area contributed by atoms with Crippen molar-refractivity contribution < 1.29 is 0 Å². The van der Waals surface area contributed by atoms with Gasteiger partial charge in [0.05, 0.1) is 0 Å². The second kappa shape index (κ2) is 8.25. The minimum atomic E-state index is 0.952. The van der Waals surface area contributed by atoms with Gasteiger partial charge in [-0.15, -0.1) is 0 Å². The van der Waals surface area contributed by atoms with Crippen LogP contribution in [0.4, 0.5) is 0 Å². The standard InChI is InChI=1S/C32H24N4S2/c1-3-35-25-11-7-5-9-21(25)23-17-19(13-15-27(23)35)29-33-31-32(37-29)34-30(38-31)20-14-16-28-24(18-20)22-10-6-8-12-26(22)36(28)4-2/h5-18H,3-4H2,1-2H3. The maximum Gasteiger partial charge on any atom is 0.155 e. The maximum absolute atomic E-state index is 5.04. The van der Waals surface area contributed by atoms with Crippen molar-refractivity contribution in [3.8, 4) is 21.1 Å². The lowest BCUT2D eigenvalue weighted by Crippen LogP contribution is -1.92. The number of hydrogen-bond acceptors (Lipinski definition) is 4. The lowest BCUT2D eigenvalue weighted by molar-refractivity contribution is 0.827. The van der Waals surface area contributed by atoms with E-state index in [-0.39, 0.29) is 0 Å². The van der Waals surface area contributed by atoms with Crippen LogP contribution in [0.3, 0.4) is 0 Å². The van der Waals surface area contributed by atoms with E-state index >= 15 is 0 Å². The van der Waals surface area contributed by atoms with Crippen LogP contribution < -0.4 is 0 Å². The van der Waals surface area contributed by atoms with E-state index in [2.05, 4.69) is 108 Å². The van der Waals surface area contributed by atoms with Crippen LogP contribution in [-0.4, -0.2) is 19.1 Å². The molecule has 184 valence electrons. The first-order valence-electron chi connectivity index (χ1n) is 13.0. The van der Waals surface area contributed by atoms with Gasteiger partial charge in [0.25, 0.3) is 0 Å². The number of fused-ring (bicyclic) bond motifs is 7. The molecule has 0 aliphatic carbocycles. The van der Waals surface area contributed by atoms with Gasteiger partial charge in [-0.25, -0.2) is 9.97 Å². The predicted octanol–water partition coefficient (Wildman–Crippen LogP) is 9.34. The molecule has 4 aromatic carbocycles. The molecular weight excluding hydrogens is 505 g/mol. The Morgan fingerprint density at radius 2 is 0.947 bits per heavy atom. The van der Waals surface area contributed by atoms with Crippen molar-refractivity contribution >= 4 is 75.9 Å². The SMILES string of the molecule is CCn1c2ccccc2c2cc(-c3nc4sc(-c5ccc6c(c5)c5ccccc5n6CC)nc4s3)ccc21. The smallest absolute Gasteiger partial charge is 0.155 e. The number of para-hydroxylation sites is 2. The molecule has 0 bridgehead atoms. The second-order valence-electron chi connectivity index (χ2n) is 9.64. The summed E-state index contributed by atoms with van der Waals surface area (Å²) in [5, 5.41) is 7.22. The van der Waals surface area contributed by atoms with E-state index in [9.17, 15) is 0 Å². The molecule has 0 amide bonds. The van der Waals surface area contributed by atoms with Crippen LogP contribution in [0.5, 0.6) is 0 Å². The zero-order chi connectivity index (χ0) is 25.4. The third-order valence-electron chi connectivity index (χ3n) is 7.65. The fourth-order valence-electron chi connectivity index (χ4n) is 5.94. The summed E-state index contributed by atoms with van der Waals surface area (Å²) in [6.45, 7) is 6.32. The monoisotopic (exact) mass is 528 g/mol. The van der Waals surface area contributed by atoms with Crippen LogP contribution in [0.2, 0.25) is 0 Å². The van der Waals surface area contributed by atoms with Crippen LogP contribution >= 0.6 is 22.7 Å². The molecule has 0 N–H and O–H groups in total. The summed E-state index contributed by atoms with van der Waals surface area (Å²) < 4.78 is 4.77. The zero-order valence-corrected chi connectivity index (χ0v) is 22.7. The lowest BCUT2D eigenvalue weighted by atomic mass is 10.1. The molecule has 8 aromatic rings. The number of hydrogen-bond donors (Lipinski definition) is 0. The number of aromatic nitrogens is 4. The van der Waals surface area contributed by atoms with Crippen molar-refractivity contribution in [3.05, 3.63) is 84.9 Å². The van der Waals surface area contributed by atoms with Gasteiger partial charge in [0, 0.05) is 67.8 Å². The third kappa shape index (κ3) is 3.08. The molecule has 0 spiro atoms. The van der Waals surface area contributed by atoms with Gasteiger partial charge in [0.2, 0.25) is 0 Å². The first-order valence-corrected chi connectivity index (χ1v) is 14.7. The average molecular weight is 529 g/mol. The molecule has 4 aromatic heterocycles. The summed E-state index contributed by atoms with van der Waals surface area (Å²) in [5.74, 6) is 0. The average Bonchev–Trinajstić information content (AvgIpc) is 3.70. The van der Waals surface area contributed by atoms with E-state index in [1.807, 2.05) is 0 Å². The van der Waals surface area contributed by atoms with E-state index < -0.39 is 0 Å². The maximum atomic E-state index is 5.04. The Hall–Kier alpha value is -4.00. The van der Waals surface area contributed by atoms with Crippen LogP contribution in [0, 0.1) is 0 Å². The molecule has 0 saturated heterocycles. The fourth-order valence-corrected chi connectivity index (χ4v) is 7.98. The summed E-state index contributed by atoms with van der Waals surface area (Å²) in [6.07, 6.45) is 0. The van der Waals surface area contributed by atoms with Crippen molar-refractivity contribution in [1.82, 2.24) is 19.1 Å². The summed E-state index contributed by atoms with van der Waals surface area (Å²) >= 11 is 3.37. The molecule has 0 saturated carbocycles. The van der Waals surface area contributed by atoms with Gasteiger partial charge in [-0.05, 0) is 62.4 Å². The molecule has 0 unspecified atom stereocenters. The summed E-state index contributed by atoms with van der Waals surface area (Å²) in [5.41, 5.74) is 7.43. The lowest BCUT2D eigenvalue weighted by Gasteiger charge is -2.03. The molecule has 4 nitrogen and oxygen atoms in total. The zero-order valence-electron chi connectivity index (χ0n) is 21.1. The molecule has 6 heteroatoms. The van der Waals surface area contributed by atoms with Gasteiger partial charge in [0.1, 0.15) is 10.0 Å². The van der Waals surface area contributed by atoms with Crippen LogP contribution in [0.15, 0.2) is 84.9 Å². The molecule has 4 heterocycles. The highest BCUT2D eigenvalue weighted by Crippen LogP contribution is 2.40. The Labute approximate surface area is 227 Å². The van der Waals surface area contributed by atoms with Crippen molar-refractivity contribution in [1.29, 1.82) is 0 Å². The Kier molecular flexibility index (Phi) is 4.78. The van der Waals surface area contributed by atoms with E-state index in [0.717, 1.165) is 43.9 Å². The number of benzene rings is 4. The Morgan fingerprint density at radius 3 is 1.39 bits per heavy atom. The molecule has 0 aliphatic heterocycles. The third-order valence-corrected chi connectivity index (χ3v) is 9.77. The van der Waals surface area contributed by atoms with Gasteiger partial charge in [-0.1, -0.05) is 59.1 Å². The van der Waals surface area contributed by atoms with Crippen molar-refractivity contribution in [2.24, 2.45) is 0 Å². The first-order chi connectivity index (χ1) is 18.7. The molecule has 8 rings (SSSR count). The summed E-state index contributed by atoms with van der Waals surface area (Å²) in [6, 6.07) is 30.8. The van der Waals surface area contributed by atoms with Gasteiger partial charge in [-0.2, -0.15) is 0 Å². The van der Waals surface area contributed by atoms with Gasteiger partial charge in [-0.3, -0.25) is 0 Å². The molecule has 38 heavy (non-hydrogen) atoms. The van der Waals surface area contributed by atoms with Gasteiger partial charge >= 0.3 is 0 Å². The Bertz CT molecular complexity index is 1990. The van der Waals surface area contributed by atoms with Gasteiger partial charge < -0.3 is 9.13 Å². The van der Waals surface area contributed by atoms with Crippen molar-refractivity contribution in [2.45, 2.75) is 26.9 Å². The molecule has 0 fully saturated rings. The highest BCUT2D eigenvalue weighted by Gasteiger charge is 2.17. The molecule has 0 radical (unpaired) electrons. The normalized spacial score (nSPS) is 12.2. The van der Waals surface area contributed by atoms with E-state index in [4.69, 9.17) is 9.97 Å². The summed E-state index contributed by atoms with van der Waals surface area (Å²) in [4.78, 5) is 12.1. The minimum absolute atomic E-state index is 0.952. The summed E-state index contributed by atoms with van der Waals surface area (Å²) in [7, 11) is 0. The minimum Gasteiger partial charge on any atom is -0.341 e. The number of nitrogens with zero attached hydrogens (tertiary/aromatic N) is 4. The quantitative estimate of drug-likeness (QED) is 0.228. The largest absolute Gasteiger partial charge is 0.341 e. The molecular formula is C32H24N4S2. The van der Waals surface area contributed by atoms with E-state index in [1.165, 1.54) is 43.6 Å². The second-order valence-corrected chi connectivity index (χ2v) is 11.6. The van der Waals surface area contributed by atoms with Crippen LogP contribution in [0.25, 0.3) is 74.4 Å². The Balaban J connectivity index is 1.22. The van der Waals surface area contributed by atoms with Crippen molar-refractivity contribution in [2.75, 3.05) is 0 Å². The highest BCUT2D eigenvalue weighted by atomic mass is 32.1. The predicted molar refractivity (Wildman–Crippen MR) is 164 cm³/mol. The van der Waals surface area contributed by atoms with Crippen LogP contribution in [-0.2, 0) is 13.1 Å². The first kappa shape index (κ1) is 22.0. The van der Waals surface area contributed by atoms with Crippen molar-refractivity contribution in [3.63, 3.8) is 0 Å². The fraction of sp³-hybridized carbons (Fsp3) is 0.125. The molecule has 0 atom stereocenters.